The van der Waals surface area contributed by atoms with Crippen LogP contribution in [0.5, 0.6) is 5.75 Å². The highest BCUT2D eigenvalue weighted by molar-refractivity contribution is 14.0. The summed E-state index contributed by atoms with van der Waals surface area (Å²) in [6.45, 7) is 11.7. The molecule has 1 saturated heterocycles. The molecule has 6 nitrogen and oxygen atoms in total. The van der Waals surface area contributed by atoms with Crippen LogP contribution < -0.4 is 15.4 Å². The van der Waals surface area contributed by atoms with E-state index < -0.39 is 0 Å². The Balaban J connectivity index is 0.00000450. The molecular formula is C23H41IN4O2. The summed E-state index contributed by atoms with van der Waals surface area (Å²) >= 11 is 0. The molecule has 2 rings (SSSR count). The number of aryl methyl sites for hydroxylation is 1. The van der Waals surface area contributed by atoms with Crippen molar-refractivity contribution < 1.29 is 9.47 Å². The fourth-order valence-electron chi connectivity index (χ4n) is 3.49. The minimum atomic E-state index is 0. The summed E-state index contributed by atoms with van der Waals surface area (Å²) in [6, 6.07) is 6.33. The Morgan fingerprint density at radius 2 is 1.90 bits per heavy atom. The first kappa shape index (κ1) is 27.0. The van der Waals surface area contributed by atoms with Gasteiger partial charge in [-0.25, -0.2) is 4.99 Å². The SMILES string of the molecule is CCNC(=NCc1ccc(C)cc1OCCCOC)NCCCCN1CCCC1.I. The van der Waals surface area contributed by atoms with Crippen LogP contribution in [0.1, 0.15) is 50.2 Å². The van der Waals surface area contributed by atoms with Gasteiger partial charge in [-0.1, -0.05) is 12.1 Å². The van der Waals surface area contributed by atoms with Gasteiger partial charge in [0.25, 0.3) is 0 Å². The molecule has 1 aromatic carbocycles. The molecule has 30 heavy (non-hydrogen) atoms. The predicted octanol–water partition coefficient (Wildman–Crippen LogP) is 3.96. The summed E-state index contributed by atoms with van der Waals surface area (Å²) in [5, 5.41) is 6.82. The average Bonchev–Trinajstić information content (AvgIpc) is 3.23. The fraction of sp³-hybridized carbons (Fsp3) is 0.696. The Morgan fingerprint density at radius 3 is 2.63 bits per heavy atom. The molecule has 0 radical (unpaired) electrons. The van der Waals surface area contributed by atoms with E-state index in [2.05, 4.69) is 47.6 Å². The summed E-state index contributed by atoms with van der Waals surface area (Å²) in [6.07, 6.45) is 6.02. The number of ether oxygens (including phenoxy) is 2. The molecule has 0 bridgehead atoms. The van der Waals surface area contributed by atoms with Crippen molar-refractivity contribution in [2.75, 3.05) is 53.0 Å². The van der Waals surface area contributed by atoms with Gasteiger partial charge in [-0.05, 0) is 70.8 Å². The van der Waals surface area contributed by atoms with Gasteiger partial charge in [0.15, 0.2) is 5.96 Å². The third kappa shape index (κ3) is 10.8. The van der Waals surface area contributed by atoms with Crippen molar-refractivity contribution in [2.45, 2.75) is 52.5 Å². The van der Waals surface area contributed by atoms with Gasteiger partial charge in [-0.3, -0.25) is 0 Å². The highest BCUT2D eigenvalue weighted by Crippen LogP contribution is 2.21. The second kappa shape index (κ2) is 16.6. The summed E-state index contributed by atoms with van der Waals surface area (Å²) in [7, 11) is 1.72. The molecule has 1 aromatic rings. The van der Waals surface area contributed by atoms with Crippen LogP contribution in [0.4, 0.5) is 0 Å². The van der Waals surface area contributed by atoms with Gasteiger partial charge >= 0.3 is 0 Å². The normalized spacial score (nSPS) is 14.4. The largest absolute Gasteiger partial charge is 0.493 e. The van der Waals surface area contributed by atoms with E-state index in [1.54, 1.807) is 7.11 Å². The molecule has 1 fully saturated rings. The molecule has 0 aliphatic carbocycles. The van der Waals surface area contributed by atoms with E-state index in [1.807, 2.05) is 0 Å². The first-order valence-electron chi connectivity index (χ1n) is 11.2. The number of methoxy groups -OCH3 is 1. The number of aliphatic imine (C=N–C) groups is 1. The maximum Gasteiger partial charge on any atom is 0.191 e. The topological polar surface area (TPSA) is 58.1 Å². The summed E-state index contributed by atoms with van der Waals surface area (Å²) in [5.41, 5.74) is 2.31. The first-order valence-corrected chi connectivity index (χ1v) is 11.2. The van der Waals surface area contributed by atoms with Gasteiger partial charge in [-0.2, -0.15) is 0 Å². The lowest BCUT2D eigenvalue weighted by molar-refractivity contribution is 0.172. The van der Waals surface area contributed by atoms with E-state index in [-0.39, 0.29) is 24.0 Å². The van der Waals surface area contributed by atoms with Gasteiger partial charge in [-0.15, -0.1) is 24.0 Å². The third-order valence-corrected chi connectivity index (χ3v) is 5.12. The molecule has 0 aromatic heterocycles. The van der Waals surface area contributed by atoms with Crippen LogP contribution in [-0.4, -0.2) is 63.9 Å². The Morgan fingerprint density at radius 1 is 1.10 bits per heavy atom. The highest BCUT2D eigenvalue weighted by Gasteiger charge is 2.10. The van der Waals surface area contributed by atoms with Crippen molar-refractivity contribution in [3.63, 3.8) is 0 Å². The zero-order valence-corrected chi connectivity index (χ0v) is 21.4. The van der Waals surface area contributed by atoms with Crippen LogP contribution in [0.3, 0.4) is 0 Å². The Bertz CT molecular complexity index is 607. The minimum Gasteiger partial charge on any atom is -0.493 e. The number of hydrogen-bond donors (Lipinski definition) is 2. The van der Waals surface area contributed by atoms with Gasteiger partial charge in [0.2, 0.25) is 0 Å². The van der Waals surface area contributed by atoms with Crippen molar-refractivity contribution in [1.29, 1.82) is 0 Å². The zero-order valence-electron chi connectivity index (χ0n) is 19.0. The van der Waals surface area contributed by atoms with Crippen molar-refractivity contribution in [2.24, 2.45) is 4.99 Å². The molecular weight excluding hydrogens is 491 g/mol. The van der Waals surface area contributed by atoms with E-state index in [0.29, 0.717) is 19.8 Å². The Labute approximate surface area is 200 Å². The first-order chi connectivity index (χ1) is 14.2. The van der Waals surface area contributed by atoms with E-state index in [4.69, 9.17) is 14.5 Å². The summed E-state index contributed by atoms with van der Waals surface area (Å²) in [5.74, 6) is 1.80. The van der Waals surface area contributed by atoms with Crippen molar-refractivity contribution in [3.8, 4) is 5.75 Å². The van der Waals surface area contributed by atoms with Crippen molar-refractivity contribution >= 4 is 29.9 Å². The van der Waals surface area contributed by atoms with E-state index >= 15 is 0 Å². The molecule has 0 spiro atoms. The maximum atomic E-state index is 5.98. The fourth-order valence-corrected chi connectivity index (χ4v) is 3.49. The average molecular weight is 533 g/mol. The van der Waals surface area contributed by atoms with Crippen LogP contribution in [0.25, 0.3) is 0 Å². The molecule has 2 N–H and O–H groups in total. The molecule has 0 amide bonds. The molecule has 7 heteroatoms. The molecule has 0 saturated carbocycles. The van der Waals surface area contributed by atoms with E-state index in [0.717, 1.165) is 36.8 Å². The van der Waals surface area contributed by atoms with Crippen LogP contribution in [0.2, 0.25) is 0 Å². The number of unbranched alkanes of at least 4 members (excludes halogenated alkanes) is 1. The molecule has 1 aliphatic heterocycles. The van der Waals surface area contributed by atoms with Gasteiger partial charge in [0.1, 0.15) is 5.75 Å². The van der Waals surface area contributed by atoms with E-state index in [9.17, 15) is 0 Å². The van der Waals surface area contributed by atoms with Crippen LogP contribution in [0, 0.1) is 6.92 Å². The number of nitrogens with one attached hydrogen (secondary N) is 2. The maximum absolute atomic E-state index is 5.98. The lowest BCUT2D eigenvalue weighted by atomic mass is 10.1. The third-order valence-electron chi connectivity index (χ3n) is 5.12. The lowest BCUT2D eigenvalue weighted by Crippen LogP contribution is -2.38. The zero-order chi connectivity index (χ0) is 20.7. The summed E-state index contributed by atoms with van der Waals surface area (Å²) in [4.78, 5) is 7.35. The lowest BCUT2D eigenvalue weighted by Gasteiger charge is -2.15. The van der Waals surface area contributed by atoms with Crippen molar-refractivity contribution in [1.82, 2.24) is 15.5 Å². The Hall–Kier alpha value is -1.06. The molecule has 0 atom stereocenters. The summed E-state index contributed by atoms with van der Waals surface area (Å²) < 4.78 is 11.1. The monoisotopic (exact) mass is 532 g/mol. The quantitative estimate of drug-likeness (QED) is 0.174. The highest BCUT2D eigenvalue weighted by atomic mass is 127. The standard InChI is InChI=1S/C23H40N4O2.HI/c1-4-24-23(25-12-5-6-13-27-14-7-8-15-27)26-19-21-11-10-20(2)18-22(21)29-17-9-16-28-3;/h10-11,18H,4-9,12-17,19H2,1-3H3,(H2,24,25,26);1H. The number of halogens is 1. The smallest absolute Gasteiger partial charge is 0.191 e. The Kier molecular flexibility index (Phi) is 14.9. The number of benzene rings is 1. The molecule has 1 heterocycles. The number of hydrogen-bond acceptors (Lipinski definition) is 4. The predicted molar refractivity (Wildman–Crippen MR) is 136 cm³/mol. The minimum absolute atomic E-state index is 0. The van der Waals surface area contributed by atoms with Crippen molar-refractivity contribution in [3.05, 3.63) is 29.3 Å². The number of guanidine groups is 1. The van der Waals surface area contributed by atoms with Gasteiger partial charge < -0.3 is 25.0 Å². The van der Waals surface area contributed by atoms with E-state index in [1.165, 1.54) is 50.9 Å². The number of rotatable bonds is 13. The number of nitrogens with zero attached hydrogens (tertiary/aromatic N) is 2. The van der Waals surface area contributed by atoms with Gasteiger partial charge in [0.05, 0.1) is 13.2 Å². The second-order valence-electron chi connectivity index (χ2n) is 7.68. The second-order valence-corrected chi connectivity index (χ2v) is 7.68. The molecule has 0 unspecified atom stereocenters. The van der Waals surface area contributed by atoms with Crippen LogP contribution in [0.15, 0.2) is 23.2 Å². The van der Waals surface area contributed by atoms with Crippen LogP contribution >= 0.6 is 24.0 Å². The van der Waals surface area contributed by atoms with Gasteiger partial charge in [0, 0.05) is 38.8 Å². The molecule has 172 valence electrons. The molecule has 1 aliphatic rings. The van der Waals surface area contributed by atoms with Crippen LogP contribution in [-0.2, 0) is 11.3 Å². The number of likely N-dealkylation sites (tertiary alicyclic amines) is 1.